The maximum Gasteiger partial charge on any atom is 0.246 e. The van der Waals surface area contributed by atoms with Crippen molar-refractivity contribution >= 4 is 27.9 Å². The van der Waals surface area contributed by atoms with Crippen molar-refractivity contribution in [2.45, 2.75) is 67.7 Å². The highest BCUT2D eigenvalue weighted by Gasteiger charge is 2.73. The molecular weight excluding hydrogens is 560 g/mol. The minimum atomic E-state index is -0.956. The number of piperidine rings is 1. The largest absolute Gasteiger partial charge is 0.504 e. The summed E-state index contributed by atoms with van der Waals surface area (Å²) in [5.41, 5.74) is 1.45. The maximum absolute atomic E-state index is 13.5. The van der Waals surface area contributed by atoms with Gasteiger partial charge in [0.2, 0.25) is 5.91 Å². The van der Waals surface area contributed by atoms with Crippen LogP contribution in [-0.2, 0) is 16.6 Å². The molecule has 5 aliphatic rings. The van der Waals surface area contributed by atoms with Crippen molar-refractivity contribution in [1.29, 1.82) is 0 Å². The summed E-state index contributed by atoms with van der Waals surface area (Å²) in [5.74, 6) is 2.00. The number of methoxy groups -OCH3 is 1. The van der Waals surface area contributed by atoms with Crippen molar-refractivity contribution in [2.24, 2.45) is 5.92 Å². The number of benzene rings is 2. The van der Waals surface area contributed by atoms with Gasteiger partial charge in [0.25, 0.3) is 0 Å². The number of likely N-dealkylation sites (tertiary alicyclic amines) is 1. The van der Waals surface area contributed by atoms with Crippen LogP contribution in [0.5, 0.6) is 17.2 Å². The lowest BCUT2D eigenvalue weighted by Gasteiger charge is -2.64. The molecule has 2 bridgehead atoms. The van der Waals surface area contributed by atoms with Crippen LogP contribution in [-0.4, -0.2) is 77.0 Å². The number of amides is 1. The summed E-state index contributed by atoms with van der Waals surface area (Å²) in [6.45, 7) is 1.94. The van der Waals surface area contributed by atoms with Crippen LogP contribution in [0.1, 0.15) is 48.8 Å². The van der Waals surface area contributed by atoms with E-state index in [0.29, 0.717) is 18.6 Å². The first-order valence-corrected chi connectivity index (χ1v) is 14.8. The second-order valence-electron chi connectivity index (χ2n) is 12.1. The number of halogens is 1. The van der Waals surface area contributed by atoms with Crippen molar-refractivity contribution in [3.63, 3.8) is 0 Å². The third-order valence-corrected chi connectivity index (χ3v) is 10.8. The molecule has 2 aromatic carbocycles. The molecule has 206 valence electrons. The van der Waals surface area contributed by atoms with Gasteiger partial charge < -0.3 is 24.6 Å². The van der Waals surface area contributed by atoms with E-state index < -0.39 is 17.1 Å². The van der Waals surface area contributed by atoms with Crippen molar-refractivity contribution in [2.75, 3.05) is 27.2 Å². The highest BCUT2D eigenvalue weighted by molar-refractivity contribution is 9.10. The number of carbonyl (C=O) groups excluding carboxylic acids is 1. The fourth-order valence-corrected chi connectivity index (χ4v) is 8.65. The number of nitrogens with zero attached hydrogens (tertiary/aromatic N) is 2. The maximum atomic E-state index is 13.5. The van der Waals surface area contributed by atoms with Gasteiger partial charge in [-0.05, 0) is 102 Å². The molecule has 2 N–H and O–H groups in total. The van der Waals surface area contributed by atoms with Gasteiger partial charge in [-0.25, -0.2) is 0 Å². The Morgan fingerprint density at radius 3 is 2.82 bits per heavy atom. The van der Waals surface area contributed by atoms with Crippen LogP contribution in [0, 0.1) is 5.92 Å². The molecule has 7 rings (SSSR count). The Morgan fingerprint density at radius 1 is 1.26 bits per heavy atom. The van der Waals surface area contributed by atoms with Crippen LogP contribution >= 0.6 is 15.9 Å². The Kier molecular flexibility index (Phi) is 5.85. The van der Waals surface area contributed by atoms with Crippen LogP contribution in [0.2, 0.25) is 0 Å². The summed E-state index contributed by atoms with van der Waals surface area (Å²) in [6.07, 6.45) is 8.32. The summed E-state index contributed by atoms with van der Waals surface area (Å²) in [5, 5.41) is 23.5. The average molecular weight is 596 g/mol. The second kappa shape index (κ2) is 8.98. The molecule has 1 amide bonds. The van der Waals surface area contributed by atoms with Gasteiger partial charge in [-0.15, -0.1) is 0 Å². The van der Waals surface area contributed by atoms with Gasteiger partial charge in [-0.1, -0.05) is 12.1 Å². The molecule has 7 nitrogen and oxygen atoms in total. The van der Waals surface area contributed by atoms with Gasteiger partial charge in [-0.2, -0.15) is 0 Å². The molecule has 3 aliphatic carbocycles. The molecule has 2 aliphatic heterocycles. The molecule has 0 unspecified atom stereocenters. The van der Waals surface area contributed by atoms with Crippen molar-refractivity contribution < 1.29 is 24.5 Å². The average Bonchev–Trinajstić information content (AvgIpc) is 3.67. The van der Waals surface area contributed by atoms with E-state index in [1.165, 1.54) is 18.4 Å². The van der Waals surface area contributed by atoms with Gasteiger partial charge in [-0.3, -0.25) is 9.69 Å². The molecule has 1 spiro atoms. The zero-order valence-corrected chi connectivity index (χ0v) is 24.0. The number of rotatable bonds is 6. The smallest absolute Gasteiger partial charge is 0.246 e. The normalized spacial score (nSPS) is 32.6. The first-order chi connectivity index (χ1) is 18.8. The Hall–Kier alpha value is -2.55. The third-order valence-electron chi connectivity index (χ3n) is 10.2. The van der Waals surface area contributed by atoms with E-state index in [2.05, 4.69) is 20.8 Å². The number of aromatic hydroxyl groups is 1. The number of hydrogen-bond acceptors (Lipinski definition) is 6. The molecule has 0 radical (unpaired) electrons. The van der Waals surface area contributed by atoms with Crippen LogP contribution in [0.15, 0.2) is 40.9 Å². The standard InChI is InChI=1S/C31H35BrN2O5/c1-33(26(36)10-6-18-5-9-24(38-2)21(32)15-18)22-11-12-31(37)25-16-20-7-8-23(35)28-27(20)30(31,29(22)39-28)13-14-34(25)17-19-3-4-19/h5-10,15,19,22,25,29,35,37H,3-4,11-14,16-17H2,1-2H3/t22-,25+,29-,30-,31+/m0/s1. The summed E-state index contributed by atoms with van der Waals surface area (Å²) < 4.78 is 12.8. The molecule has 2 aromatic rings. The van der Waals surface area contributed by atoms with Crippen LogP contribution in [0.3, 0.4) is 0 Å². The summed E-state index contributed by atoms with van der Waals surface area (Å²) in [4.78, 5) is 17.8. The Bertz CT molecular complexity index is 1370. The summed E-state index contributed by atoms with van der Waals surface area (Å²) >= 11 is 3.50. The number of likely N-dealkylation sites (N-methyl/N-ethyl adjacent to an activating group) is 1. The number of carbonyl (C=O) groups is 1. The van der Waals surface area contributed by atoms with Crippen molar-refractivity contribution in [3.05, 3.63) is 57.6 Å². The number of aliphatic hydroxyl groups is 1. The molecule has 2 saturated carbocycles. The fourth-order valence-electron chi connectivity index (χ4n) is 8.09. The minimum absolute atomic E-state index is 0.0244. The Balaban J connectivity index is 1.22. The lowest BCUT2D eigenvalue weighted by Crippen LogP contribution is -2.78. The van der Waals surface area contributed by atoms with Gasteiger partial charge in [0.05, 0.1) is 28.6 Å². The van der Waals surface area contributed by atoms with E-state index in [-0.39, 0.29) is 23.7 Å². The summed E-state index contributed by atoms with van der Waals surface area (Å²) in [6, 6.07) is 9.24. The zero-order valence-electron chi connectivity index (χ0n) is 22.4. The molecular formula is C31H35BrN2O5. The molecule has 8 heteroatoms. The first kappa shape index (κ1) is 25.4. The van der Waals surface area contributed by atoms with E-state index in [1.54, 1.807) is 24.2 Å². The van der Waals surface area contributed by atoms with E-state index in [1.807, 2.05) is 37.4 Å². The zero-order chi connectivity index (χ0) is 27.1. The first-order valence-electron chi connectivity index (χ1n) is 14.0. The Labute approximate surface area is 237 Å². The van der Waals surface area contributed by atoms with Crippen LogP contribution < -0.4 is 9.47 Å². The molecule has 0 aromatic heterocycles. The monoisotopic (exact) mass is 594 g/mol. The number of phenolic OH excluding ortho intramolecular Hbond substituents is 1. The third kappa shape index (κ3) is 3.64. The minimum Gasteiger partial charge on any atom is -0.504 e. The van der Waals surface area contributed by atoms with Gasteiger partial charge in [0, 0.05) is 31.3 Å². The number of phenols is 1. The molecule has 2 heterocycles. The predicted octanol–water partition coefficient (Wildman–Crippen LogP) is 4.27. The number of ether oxygens (including phenoxy) is 2. The highest BCUT2D eigenvalue weighted by Crippen LogP contribution is 2.66. The van der Waals surface area contributed by atoms with E-state index in [0.717, 1.165) is 53.2 Å². The number of hydrogen-bond donors (Lipinski definition) is 2. The summed E-state index contributed by atoms with van der Waals surface area (Å²) in [7, 11) is 3.45. The molecule has 3 fully saturated rings. The lowest BCUT2D eigenvalue weighted by atomic mass is 9.48. The topological polar surface area (TPSA) is 82.5 Å². The van der Waals surface area contributed by atoms with Crippen molar-refractivity contribution in [1.82, 2.24) is 9.80 Å². The second-order valence-corrected chi connectivity index (χ2v) is 12.9. The van der Waals surface area contributed by atoms with E-state index >= 15 is 0 Å². The van der Waals surface area contributed by atoms with Gasteiger partial charge >= 0.3 is 0 Å². The lowest BCUT2D eigenvalue weighted by molar-refractivity contribution is -0.200. The molecule has 5 atom stereocenters. The van der Waals surface area contributed by atoms with Gasteiger partial charge in [0.1, 0.15) is 11.9 Å². The van der Waals surface area contributed by atoms with Crippen molar-refractivity contribution in [3.8, 4) is 17.2 Å². The quantitative estimate of drug-likeness (QED) is 0.486. The molecule has 39 heavy (non-hydrogen) atoms. The Morgan fingerprint density at radius 2 is 2.08 bits per heavy atom. The predicted molar refractivity (Wildman–Crippen MR) is 151 cm³/mol. The molecule has 1 saturated heterocycles. The fraction of sp³-hybridized carbons (Fsp3) is 0.516. The van der Waals surface area contributed by atoms with Crippen LogP contribution in [0.25, 0.3) is 6.08 Å². The van der Waals surface area contributed by atoms with E-state index in [9.17, 15) is 15.0 Å². The SMILES string of the molecule is COc1ccc(C=CC(=O)N(C)[C@H]2CC[C@@]3(O)[C@H]4Cc5ccc(O)c6c5[C@@]3(CCN4CC3CC3)[C@H]2O6)cc1Br. The van der Waals surface area contributed by atoms with Gasteiger partial charge in [0.15, 0.2) is 11.5 Å². The van der Waals surface area contributed by atoms with Crippen LogP contribution in [0.4, 0.5) is 0 Å². The van der Waals surface area contributed by atoms with E-state index in [4.69, 9.17) is 9.47 Å². The highest BCUT2D eigenvalue weighted by atomic mass is 79.9.